The van der Waals surface area contributed by atoms with Gasteiger partial charge < -0.3 is 10.4 Å². The summed E-state index contributed by atoms with van der Waals surface area (Å²) in [6.07, 6.45) is 1.40. The lowest BCUT2D eigenvalue weighted by Crippen LogP contribution is -2.53. The predicted octanol–water partition coefficient (Wildman–Crippen LogP) is 1.65. The van der Waals surface area contributed by atoms with E-state index in [9.17, 15) is 14.7 Å². The lowest BCUT2D eigenvalue weighted by molar-refractivity contribution is -0.148. The maximum absolute atomic E-state index is 11.3. The molecule has 88 valence electrons. The average Bonchev–Trinajstić information content (AvgIpc) is 2.01. The summed E-state index contributed by atoms with van der Waals surface area (Å²) in [6.45, 7) is 7.80. The molecule has 0 heterocycles. The van der Waals surface area contributed by atoms with E-state index in [1.807, 2.05) is 27.7 Å². The van der Waals surface area contributed by atoms with Gasteiger partial charge in [0.15, 0.2) is 0 Å². The van der Waals surface area contributed by atoms with E-state index in [2.05, 4.69) is 5.32 Å². The summed E-state index contributed by atoms with van der Waals surface area (Å²) in [5.41, 5.74) is -1.11. The Balaban J connectivity index is 4.88. The molecule has 2 N–H and O–H groups in total. The Hall–Kier alpha value is -1.06. The fourth-order valence-electron chi connectivity index (χ4n) is 1.94. The Morgan fingerprint density at radius 2 is 1.67 bits per heavy atom. The minimum Gasteiger partial charge on any atom is -0.480 e. The van der Waals surface area contributed by atoms with Crippen LogP contribution in [0.2, 0.25) is 0 Å². The minimum atomic E-state index is -1.11. The third-order valence-electron chi connectivity index (χ3n) is 2.26. The first-order valence-corrected chi connectivity index (χ1v) is 5.29. The molecule has 15 heavy (non-hydrogen) atoms. The molecular weight excluding hydrogens is 194 g/mol. The largest absolute Gasteiger partial charge is 0.480 e. The molecule has 0 spiro atoms. The number of nitrogens with one attached hydrogen (secondary N) is 1. The van der Waals surface area contributed by atoms with Crippen LogP contribution in [0.25, 0.3) is 0 Å². The molecular formula is C11H21NO3. The molecule has 0 aliphatic carbocycles. The number of rotatable bonds is 7. The van der Waals surface area contributed by atoms with Crippen LogP contribution in [0.4, 0.5) is 0 Å². The summed E-state index contributed by atoms with van der Waals surface area (Å²) in [4.78, 5) is 21.8. The van der Waals surface area contributed by atoms with E-state index in [-0.39, 0.29) is 11.8 Å². The lowest BCUT2D eigenvalue weighted by Gasteiger charge is -2.32. The van der Waals surface area contributed by atoms with Gasteiger partial charge >= 0.3 is 5.97 Å². The lowest BCUT2D eigenvalue weighted by atomic mass is 9.82. The summed E-state index contributed by atoms with van der Waals surface area (Å²) in [7, 11) is 0. The fourth-order valence-corrected chi connectivity index (χ4v) is 1.94. The van der Waals surface area contributed by atoms with Gasteiger partial charge in [-0.15, -0.1) is 0 Å². The molecule has 0 aliphatic heterocycles. The van der Waals surface area contributed by atoms with E-state index in [4.69, 9.17) is 0 Å². The van der Waals surface area contributed by atoms with Crippen LogP contribution in [-0.2, 0) is 9.59 Å². The van der Waals surface area contributed by atoms with E-state index in [1.165, 1.54) is 0 Å². The molecule has 0 aromatic carbocycles. The van der Waals surface area contributed by atoms with Gasteiger partial charge in [0.25, 0.3) is 0 Å². The number of hydrogen-bond acceptors (Lipinski definition) is 2. The van der Waals surface area contributed by atoms with Crippen molar-refractivity contribution in [2.45, 2.75) is 46.1 Å². The highest BCUT2D eigenvalue weighted by molar-refractivity contribution is 5.81. The number of aliphatic carboxylic acids is 1. The van der Waals surface area contributed by atoms with Crippen LogP contribution >= 0.6 is 0 Å². The SMILES string of the molecule is CC(C)CC(CC(C)C)(NC=O)C(=O)O. The quantitative estimate of drug-likeness (QED) is 0.634. The Kier molecular flexibility index (Phi) is 5.33. The number of amides is 1. The second-order valence-corrected chi connectivity index (χ2v) is 4.85. The van der Waals surface area contributed by atoms with Crippen molar-refractivity contribution in [3.63, 3.8) is 0 Å². The first-order valence-electron chi connectivity index (χ1n) is 5.29. The normalized spacial score (nSPS) is 11.9. The second kappa shape index (κ2) is 5.73. The molecule has 0 bridgehead atoms. The van der Waals surface area contributed by atoms with Crippen LogP contribution in [0.5, 0.6) is 0 Å². The van der Waals surface area contributed by atoms with Gasteiger partial charge in [-0.3, -0.25) is 4.79 Å². The van der Waals surface area contributed by atoms with Gasteiger partial charge in [0.2, 0.25) is 6.41 Å². The van der Waals surface area contributed by atoms with Gasteiger partial charge in [0.05, 0.1) is 0 Å². The number of carboxylic acid groups (broad SMARTS) is 1. The van der Waals surface area contributed by atoms with Crippen molar-refractivity contribution in [3.8, 4) is 0 Å². The minimum absolute atomic E-state index is 0.229. The van der Waals surface area contributed by atoms with Crippen molar-refractivity contribution in [3.05, 3.63) is 0 Å². The summed E-state index contributed by atoms with van der Waals surface area (Å²) in [6, 6.07) is 0. The van der Waals surface area contributed by atoms with Gasteiger partial charge in [-0.05, 0) is 24.7 Å². The van der Waals surface area contributed by atoms with Crippen LogP contribution in [0.15, 0.2) is 0 Å². The molecule has 1 amide bonds. The maximum Gasteiger partial charge on any atom is 0.329 e. The second-order valence-electron chi connectivity index (χ2n) is 4.85. The summed E-state index contributed by atoms with van der Waals surface area (Å²) in [5.74, 6) is -0.489. The van der Waals surface area contributed by atoms with Crippen molar-refractivity contribution >= 4 is 12.4 Å². The van der Waals surface area contributed by atoms with Crippen LogP contribution in [0.1, 0.15) is 40.5 Å². The molecule has 0 radical (unpaired) electrons. The van der Waals surface area contributed by atoms with Crippen LogP contribution in [0, 0.1) is 11.8 Å². The van der Waals surface area contributed by atoms with Gasteiger partial charge in [-0.1, -0.05) is 27.7 Å². The van der Waals surface area contributed by atoms with Crippen molar-refractivity contribution in [1.29, 1.82) is 0 Å². The van der Waals surface area contributed by atoms with E-state index >= 15 is 0 Å². The number of hydrogen-bond donors (Lipinski definition) is 2. The number of carbonyl (C=O) groups is 2. The topological polar surface area (TPSA) is 66.4 Å². The average molecular weight is 215 g/mol. The highest BCUT2D eigenvalue weighted by atomic mass is 16.4. The van der Waals surface area contributed by atoms with E-state index in [0.717, 1.165) is 0 Å². The first kappa shape index (κ1) is 13.9. The summed E-state index contributed by atoms with van der Waals surface area (Å²) in [5, 5.41) is 11.7. The smallest absolute Gasteiger partial charge is 0.329 e. The Morgan fingerprint density at radius 1 is 1.27 bits per heavy atom. The highest BCUT2D eigenvalue weighted by Crippen LogP contribution is 2.25. The standard InChI is InChI=1S/C11H21NO3/c1-8(2)5-11(10(14)15,12-7-13)6-9(3)4/h7-9H,5-6H2,1-4H3,(H,12,13)(H,14,15). The molecule has 0 rings (SSSR count). The molecule has 0 aromatic heterocycles. The van der Waals surface area contributed by atoms with Crippen molar-refractivity contribution in [1.82, 2.24) is 5.32 Å². The fraction of sp³-hybridized carbons (Fsp3) is 0.818. The summed E-state index contributed by atoms with van der Waals surface area (Å²) >= 11 is 0. The molecule has 0 atom stereocenters. The van der Waals surface area contributed by atoms with Crippen molar-refractivity contribution < 1.29 is 14.7 Å². The van der Waals surface area contributed by atoms with Crippen LogP contribution < -0.4 is 5.32 Å². The maximum atomic E-state index is 11.3. The summed E-state index contributed by atoms with van der Waals surface area (Å²) < 4.78 is 0. The van der Waals surface area contributed by atoms with Crippen molar-refractivity contribution in [2.24, 2.45) is 11.8 Å². The predicted molar refractivity (Wildman–Crippen MR) is 58.5 cm³/mol. The highest BCUT2D eigenvalue weighted by Gasteiger charge is 2.39. The Bertz CT molecular complexity index is 214. The molecule has 0 aromatic rings. The van der Waals surface area contributed by atoms with Gasteiger partial charge in [-0.25, -0.2) is 4.79 Å². The molecule has 0 unspecified atom stereocenters. The zero-order valence-electron chi connectivity index (χ0n) is 9.91. The molecule has 4 heteroatoms. The van der Waals surface area contributed by atoms with Crippen LogP contribution in [0.3, 0.4) is 0 Å². The molecule has 0 saturated heterocycles. The third-order valence-corrected chi connectivity index (χ3v) is 2.26. The Morgan fingerprint density at radius 3 is 1.87 bits per heavy atom. The van der Waals surface area contributed by atoms with Gasteiger partial charge in [-0.2, -0.15) is 0 Å². The third kappa shape index (κ3) is 4.32. The van der Waals surface area contributed by atoms with Crippen molar-refractivity contribution in [2.75, 3.05) is 0 Å². The number of carboxylic acids is 1. The van der Waals surface area contributed by atoms with Gasteiger partial charge in [0, 0.05) is 0 Å². The van der Waals surface area contributed by atoms with E-state index in [0.29, 0.717) is 19.3 Å². The number of carbonyl (C=O) groups excluding carboxylic acids is 1. The zero-order valence-corrected chi connectivity index (χ0v) is 9.91. The van der Waals surface area contributed by atoms with E-state index in [1.54, 1.807) is 0 Å². The first-order chi connectivity index (χ1) is 6.84. The zero-order chi connectivity index (χ0) is 12.1. The molecule has 0 aliphatic rings. The van der Waals surface area contributed by atoms with Gasteiger partial charge in [0.1, 0.15) is 5.54 Å². The van der Waals surface area contributed by atoms with Crippen LogP contribution in [-0.4, -0.2) is 23.0 Å². The molecule has 0 fully saturated rings. The molecule has 0 saturated carbocycles. The van der Waals surface area contributed by atoms with E-state index < -0.39 is 11.5 Å². The molecule has 4 nitrogen and oxygen atoms in total. The monoisotopic (exact) mass is 215 g/mol. The Labute approximate surface area is 91.1 Å².